The fourth-order valence-electron chi connectivity index (χ4n) is 2.28. The Morgan fingerprint density at radius 3 is 2.73 bits per heavy atom. The van der Waals surface area contributed by atoms with Gasteiger partial charge in [-0.1, -0.05) is 24.8 Å². The summed E-state index contributed by atoms with van der Waals surface area (Å²) in [5.41, 5.74) is 6.15. The molecule has 2 atom stereocenters. The van der Waals surface area contributed by atoms with E-state index in [0.29, 0.717) is 11.4 Å². The molecule has 5 nitrogen and oxygen atoms in total. The normalized spacial score (nSPS) is 22.9. The van der Waals surface area contributed by atoms with Gasteiger partial charge >= 0.3 is 0 Å². The molecule has 3 N–H and O–H groups in total. The van der Waals surface area contributed by atoms with Crippen molar-refractivity contribution < 1.29 is 9.18 Å². The summed E-state index contributed by atoms with van der Waals surface area (Å²) in [5.74, 6) is -0.778. The van der Waals surface area contributed by atoms with Crippen molar-refractivity contribution >= 4 is 17.5 Å². The predicted molar refractivity (Wildman–Crippen MR) is 82.7 cm³/mol. The van der Waals surface area contributed by atoms with Crippen LogP contribution < -0.4 is 11.1 Å². The van der Waals surface area contributed by atoms with Crippen LogP contribution in [0.15, 0.2) is 49.2 Å². The third-order valence-electron chi connectivity index (χ3n) is 3.71. The number of rotatable bonds is 4. The van der Waals surface area contributed by atoms with E-state index in [1.165, 1.54) is 6.08 Å². The second-order valence-corrected chi connectivity index (χ2v) is 5.25. The second kappa shape index (κ2) is 5.22. The molecule has 0 bridgehead atoms. The molecule has 1 aromatic heterocycles. The molecule has 0 spiro atoms. The van der Waals surface area contributed by atoms with E-state index < -0.39 is 11.6 Å². The first-order valence-corrected chi connectivity index (χ1v) is 6.84. The van der Waals surface area contributed by atoms with Gasteiger partial charge in [0.2, 0.25) is 11.9 Å². The number of benzene rings is 1. The van der Waals surface area contributed by atoms with E-state index in [0.717, 1.165) is 5.56 Å². The third kappa shape index (κ3) is 2.67. The first kappa shape index (κ1) is 14.2. The number of aromatic nitrogens is 2. The highest BCUT2D eigenvalue weighted by atomic mass is 19.1. The van der Waals surface area contributed by atoms with Crippen molar-refractivity contribution in [2.24, 2.45) is 5.92 Å². The Balaban J connectivity index is 1.70. The molecule has 0 radical (unpaired) electrons. The molecule has 2 aromatic rings. The standard InChI is InChI=1S/C16H15FN4O/c1-2-16(17)9-12(16)14(22)20-11-5-3-10(4-6-11)13-7-8-19-15(18)21-13/h2-8,12H,1,9H2,(H,20,22)(H2,18,19,21)/t12-,16?/m0/s1. The molecule has 1 fully saturated rings. The summed E-state index contributed by atoms with van der Waals surface area (Å²) in [7, 11) is 0. The van der Waals surface area contributed by atoms with Gasteiger partial charge < -0.3 is 11.1 Å². The number of allylic oxidation sites excluding steroid dienone is 1. The fourth-order valence-corrected chi connectivity index (χ4v) is 2.28. The Morgan fingerprint density at radius 2 is 2.14 bits per heavy atom. The number of anilines is 2. The molecule has 112 valence electrons. The second-order valence-electron chi connectivity index (χ2n) is 5.25. The first-order chi connectivity index (χ1) is 10.5. The SMILES string of the molecule is C=CC1(F)C[C@H]1C(=O)Nc1ccc(-c2ccnc(N)n2)cc1. The van der Waals surface area contributed by atoms with Gasteiger partial charge in [0, 0.05) is 23.9 Å². The number of hydrogen-bond donors (Lipinski definition) is 2. The Kier molecular flexibility index (Phi) is 3.36. The maximum atomic E-state index is 13.8. The van der Waals surface area contributed by atoms with Crippen LogP contribution in [0.2, 0.25) is 0 Å². The summed E-state index contributed by atoms with van der Waals surface area (Å²) in [6.07, 6.45) is 2.97. The highest BCUT2D eigenvalue weighted by molar-refractivity contribution is 5.96. The van der Waals surface area contributed by atoms with Gasteiger partial charge in [0.1, 0.15) is 5.67 Å². The molecule has 1 aliphatic rings. The van der Waals surface area contributed by atoms with Gasteiger partial charge in [0.15, 0.2) is 0 Å². The molecule has 1 heterocycles. The summed E-state index contributed by atoms with van der Waals surface area (Å²) in [6.45, 7) is 3.41. The van der Waals surface area contributed by atoms with E-state index in [9.17, 15) is 9.18 Å². The van der Waals surface area contributed by atoms with Crippen molar-refractivity contribution in [2.45, 2.75) is 12.1 Å². The number of amides is 1. The number of carbonyl (C=O) groups excluding carboxylic acids is 1. The quantitative estimate of drug-likeness (QED) is 0.850. The number of nitrogens with one attached hydrogen (secondary N) is 1. The molecule has 1 saturated carbocycles. The minimum Gasteiger partial charge on any atom is -0.368 e. The number of nitrogens with zero attached hydrogens (tertiary/aromatic N) is 2. The van der Waals surface area contributed by atoms with E-state index in [2.05, 4.69) is 21.9 Å². The molecular weight excluding hydrogens is 283 g/mol. The average Bonchev–Trinajstić information content (AvgIpc) is 3.21. The summed E-state index contributed by atoms with van der Waals surface area (Å²) >= 11 is 0. The zero-order chi connectivity index (χ0) is 15.7. The largest absolute Gasteiger partial charge is 0.368 e. The molecule has 1 amide bonds. The number of nitrogen functional groups attached to an aromatic ring is 1. The molecule has 1 aromatic carbocycles. The molecular formula is C16H15FN4O. The highest BCUT2D eigenvalue weighted by Gasteiger charge is 2.57. The van der Waals surface area contributed by atoms with Gasteiger partial charge in [-0.05, 0) is 18.2 Å². The first-order valence-electron chi connectivity index (χ1n) is 6.84. The van der Waals surface area contributed by atoms with Crippen LogP contribution in [0.3, 0.4) is 0 Å². The van der Waals surface area contributed by atoms with Crippen LogP contribution >= 0.6 is 0 Å². The van der Waals surface area contributed by atoms with Crippen LogP contribution in [0.4, 0.5) is 16.0 Å². The lowest BCUT2D eigenvalue weighted by Gasteiger charge is -2.07. The van der Waals surface area contributed by atoms with Crippen molar-refractivity contribution in [1.82, 2.24) is 9.97 Å². The van der Waals surface area contributed by atoms with Gasteiger partial charge in [-0.15, -0.1) is 0 Å². The van der Waals surface area contributed by atoms with Crippen molar-refractivity contribution in [3.8, 4) is 11.3 Å². The number of carbonyl (C=O) groups is 1. The van der Waals surface area contributed by atoms with Crippen LogP contribution in [0.25, 0.3) is 11.3 Å². The molecule has 22 heavy (non-hydrogen) atoms. The molecule has 1 unspecified atom stereocenters. The van der Waals surface area contributed by atoms with E-state index in [1.807, 2.05) is 0 Å². The maximum Gasteiger partial charge on any atom is 0.231 e. The van der Waals surface area contributed by atoms with Crippen LogP contribution in [-0.2, 0) is 4.79 Å². The predicted octanol–water partition coefficient (Wildman–Crippen LogP) is 2.58. The smallest absolute Gasteiger partial charge is 0.231 e. The van der Waals surface area contributed by atoms with Crippen molar-refractivity contribution in [3.05, 3.63) is 49.2 Å². The van der Waals surface area contributed by atoms with Gasteiger partial charge in [-0.3, -0.25) is 4.79 Å². The lowest BCUT2D eigenvalue weighted by molar-refractivity contribution is -0.118. The monoisotopic (exact) mass is 298 g/mol. The summed E-state index contributed by atoms with van der Waals surface area (Å²) < 4.78 is 13.8. The summed E-state index contributed by atoms with van der Waals surface area (Å²) in [6, 6.07) is 8.83. The Hall–Kier alpha value is -2.76. The van der Waals surface area contributed by atoms with Crippen molar-refractivity contribution in [2.75, 3.05) is 11.1 Å². The van der Waals surface area contributed by atoms with E-state index in [1.54, 1.807) is 36.5 Å². The number of nitrogens with two attached hydrogens (primary N) is 1. The Labute approximate surface area is 127 Å². The molecule has 3 rings (SSSR count). The van der Waals surface area contributed by atoms with Gasteiger partial charge in [0.05, 0.1) is 11.6 Å². The lowest BCUT2D eigenvalue weighted by atomic mass is 10.1. The lowest BCUT2D eigenvalue weighted by Crippen LogP contribution is -2.18. The molecule has 0 saturated heterocycles. The Morgan fingerprint density at radius 1 is 1.41 bits per heavy atom. The number of hydrogen-bond acceptors (Lipinski definition) is 4. The Bertz CT molecular complexity index is 731. The third-order valence-corrected chi connectivity index (χ3v) is 3.71. The van der Waals surface area contributed by atoms with E-state index >= 15 is 0 Å². The molecule has 0 aliphatic heterocycles. The van der Waals surface area contributed by atoms with Crippen LogP contribution in [0.1, 0.15) is 6.42 Å². The van der Waals surface area contributed by atoms with Crippen LogP contribution in [0.5, 0.6) is 0 Å². The molecule has 6 heteroatoms. The zero-order valence-electron chi connectivity index (χ0n) is 11.8. The molecule has 1 aliphatic carbocycles. The van der Waals surface area contributed by atoms with E-state index in [4.69, 9.17) is 5.73 Å². The van der Waals surface area contributed by atoms with Crippen molar-refractivity contribution in [3.63, 3.8) is 0 Å². The highest BCUT2D eigenvalue weighted by Crippen LogP contribution is 2.48. The fraction of sp³-hybridized carbons (Fsp3) is 0.188. The van der Waals surface area contributed by atoms with Crippen LogP contribution in [-0.4, -0.2) is 21.5 Å². The van der Waals surface area contributed by atoms with Gasteiger partial charge in [-0.2, -0.15) is 0 Å². The number of alkyl halides is 1. The van der Waals surface area contributed by atoms with E-state index in [-0.39, 0.29) is 18.3 Å². The zero-order valence-corrected chi connectivity index (χ0v) is 11.8. The minimum atomic E-state index is -1.55. The number of halogens is 1. The summed E-state index contributed by atoms with van der Waals surface area (Å²) in [5, 5.41) is 2.70. The van der Waals surface area contributed by atoms with Gasteiger partial charge in [0.25, 0.3) is 0 Å². The van der Waals surface area contributed by atoms with Crippen molar-refractivity contribution in [1.29, 1.82) is 0 Å². The average molecular weight is 298 g/mol. The summed E-state index contributed by atoms with van der Waals surface area (Å²) in [4.78, 5) is 19.9. The minimum absolute atomic E-state index is 0.195. The maximum absolute atomic E-state index is 13.8. The van der Waals surface area contributed by atoms with Crippen LogP contribution in [0, 0.1) is 5.92 Å². The topological polar surface area (TPSA) is 80.9 Å². The van der Waals surface area contributed by atoms with Gasteiger partial charge in [-0.25, -0.2) is 14.4 Å².